The third-order valence-corrected chi connectivity index (χ3v) is 7.23. The molecule has 6 nitrogen and oxygen atoms in total. The van der Waals surface area contributed by atoms with Gasteiger partial charge in [-0.15, -0.1) is 0 Å². The molecule has 0 aliphatic heterocycles. The van der Waals surface area contributed by atoms with E-state index in [0.717, 1.165) is 45.8 Å². The standard InChI is InChI=1S/C26H23F3N2O4S/c1-16-12-19(31-36(32,33)25-7-5-4-6-21(25)26(27,28)29)9-8-17(16)13-18-10-11-30-22-15-24(35-3)23(34-2)14-20(18)22/h4-12,14-15,31H,13H2,1-3H3. The lowest BCUT2D eigenvalue weighted by Crippen LogP contribution is -2.19. The van der Waals surface area contributed by atoms with Crippen LogP contribution in [0, 0.1) is 6.92 Å². The van der Waals surface area contributed by atoms with Crippen LogP contribution in [0.5, 0.6) is 11.5 Å². The Morgan fingerprint density at radius 3 is 2.28 bits per heavy atom. The Hall–Kier alpha value is -3.79. The predicted molar refractivity (Wildman–Crippen MR) is 131 cm³/mol. The van der Waals surface area contributed by atoms with Gasteiger partial charge in [0.25, 0.3) is 10.0 Å². The molecule has 0 saturated heterocycles. The monoisotopic (exact) mass is 516 g/mol. The Morgan fingerprint density at radius 2 is 1.61 bits per heavy atom. The van der Waals surface area contributed by atoms with E-state index in [2.05, 4.69) is 9.71 Å². The van der Waals surface area contributed by atoms with Gasteiger partial charge in [0.1, 0.15) is 0 Å². The molecule has 3 aromatic carbocycles. The average Bonchev–Trinajstić information content (AvgIpc) is 2.84. The molecule has 188 valence electrons. The van der Waals surface area contributed by atoms with Crippen LogP contribution in [0.3, 0.4) is 0 Å². The van der Waals surface area contributed by atoms with Crippen molar-refractivity contribution in [2.45, 2.75) is 24.4 Å². The molecule has 0 radical (unpaired) electrons. The minimum Gasteiger partial charge on any atom is -0.493 e. The molecule has 0 fully saturated rings. The molecule has 4 rings (SSSR count). The number of methoxy groups -OCH3 is 2. The van der Waals surface area contributed by atoms with Crippen LogP contribution < -0.4 is 14.2 Å². The highest BCUT2D eigenvalue weighted by Gasteiger charge is 2.36. The summed E-state index contributed by atoms with van der Waals surface area (Å²) in [5.74, 6) is 1.13. The van der Waals surface area contributed by atoms with E-state index in [9.17, 15) is 21.6 Å². The number of alkyl halides is 3. The van der Waals surface area contributed by atoms with E-state index in [1.165, 1.54) is 12.1 Å². The quantitative estimate of drug-likeness (QED) is 0.328. The van der Waals surface area contributed by atoms with Crippen LogP contribution in [-0.4, -0.2) is 27.6 Å². The third-order valence-electron chi connectivity index (χ3n) is 5.79. The number of hydrogen-bond acceptors (Lipinski definition) is 5. The first-order chi connectivity index (χ1) is 17.0. The second-order valence-electron chi connectivity index (χ2n) is 8.11. The van der Waals surface area contributed by atoms with Crippen LogP contribution in [-0.2, 0) is 22.6 Å². The van der Waals surface area contributed by atoms with Crippen molar-refractivity contribution in [3.05, 3.63) is 89.1 Å². The van der Waals surface area contributed by atoms with E-state index in [1.54, 1.807) is 38.6 Å². The molecule has 0 atom stereocenters. The lowest BCUT2D eigenvalue weighted by Gasteiger charge is -2.16. The van der Waals surface area contributed by atoms with Gasteiger partial charge in [-0.25, -0.2) is 8.42 Å². The maximum Gasteiger partial charge on any atom is 0.417 e. The van der Waals surface area contributed by atoms with Crippen molar-refractivity contribution in [3.8, 4) is 11.5 Å². The highest BCUT2D eigenvalue weighted by Crippen LogP contribution is 2.36. The fourth-order valence-corrected chi connectivity index (χ4v) is 5.27. The molecule has 1 heterocycles. The van der Waals surface area contributed by atoms with Crippen molar-refractivity contribution >= 4 is 26.6 Å². The van der Waals surface area contributed by atoms with Crippen LogP contribution in [0.1, 0.15) is 22.3 Å². The van der Waals surface area contributed by atoms with Gasteiger partial charge in [0.2, 0.25) is 0 Å². The summed E-state index contributed by atoms with van der Waals surface area (Å²) >= 11 is 0. The summed E-state index contributed by atoms with van der Waals surface area (Å²) in [5.41, 5.74) is 2.33. The number of nitrogens with one attached hydrogen (secondary N) is 1. The molecule has 0 saturated carbocycles. The predicted octanol–water partition coefficient (Wildman–Crippen LogP) is 5.97. The minimum absolute atomic E-state index is 0.166. The molecule has 0 unspecified atom stereocenters. The second-order valence-corrected chi connectivity index (χ2v) is 9.76. The normalized spacial score (nSPS) is 11.9. The molecular weight excluding hydrogens is 493 g/mol. The van der Waals surface area contributed by atoms with Crippen molar-refractivity contribution in [2.75, 3.05) is 18.9 Å². The Kier molecular flexibility index (Phi) is 6.81. The maximum atomic E-state index is 13.3. The van der Waals surface area contributed by atoms with Gasteiger partial charge in [-0.3, -0.25) is 9.71 Å². The van der Waals surface area contributed by atoms with Crippen molar-refractivity contribution < 1.29 is 31.1 Å². The van der Waals surface area contributed by atoms with Gasteiger partial charge in [-0.1, -0.05) is 18.2 Å². The molecule has 1 aromatic heterocycles. The summed E-state index contributed by atoms with van der Waals surface area (Å²) in [5, 5.41) is 0.878. The van der Waals surface area contributed by atoms with E-state index in [0.29, 0.717) is 17.9 Å². The first-order valence-electron chi connectivity index (χ1n) is 10.8. The highest BCUT2D eigenvalue weighted by molar-refractivity contribution is 7.92. The zero-order valence-corrected chi connectivity index (χ0v) is 20.5. The van der Waals surface area contributed by atoms with E-state index < -0.39 is 26.7 Å². The van der Waals surface area contributed by atoms with E-state index in [1.807, 2.05) is 19.1 Å². The molecule has 4 aromatic rings. The molecule has 0 spiro atoms. The summed E-state index contributed by atoms with van der Waals surface area (Å²) in [4.78, 5) is 3.58. The number of anilines is 1. The number of nitrogens with zero attached hydrogens (tertiary/aromatic N) is 1. The second kappa shape index (κ2) is 9.69. The molecule has 0 amide bonds. The Balaban J connectivity index is 1.64. The largest absolute Gasteiger partial charge is 0.493 e. The number of sulfonamides is 1. The van der Waals surface area contributed by atoms with Crippen molar-refractivity contribution in [1.82, 2.24) is 4.98 Å². The van der Waals surface area contributed by atoms with Crippen LogP contribution in [0.25, 0.3) is 10.9 Å². The lowest BCUT2D eigenvalue weighted by atomic mass is 9.97. The zero-order chi connectivity index (χ0) is 26.1. The number of aromatic nitrogens is 1. The zero-order valence-electron chi connectivity index (χ0n) is 19.7. The molecule has 0 bridgehead atoms. The van der Waals surface area contributed by atoms with Crippen LogP contribution >= 0.6 is 0 Å². The summed E-state index contributed by atoms with van der Waals surface area (Å²) in [6.45, 7) is 1.81. The summed E-state index contributed by atoms with van der Waals surface area (Å²) in [7, 11) is -1.36. The fraction of sp³-hybridized carbons (Fsp3) is 0.192. The summed E-state index contributed by atoms with van der Waals surface area (Å²) < 4.78 is 78.6. The topological polar surface area (TPSA) is 77.5 Å². The minimum atomic E-state index is -4.80. The van der Waals surface area contributed by atoms with E-state index >= 15 is 0 Å². The number of rotatable bonds is 7. The van der Waals surface area contributed by atoms with Crippen LogP contribution in [0.2, 0.25) is 0 Å². The van der Waals surface area contributed by atoms with E-state index in [4.69, 9.17) is 9.47 Å². The van der Waals surface area contributed by atoms with Gasteiger partial charge in [0, 0.05) is 23.3 Å². The van der Waals surface area contributed by atoms with Crippen molar-refractivity contribution in [2.24, 2.45) is 0 Å². The Labute approximate surface area is 206 Å². The SMILES string of the molecule is COc1cc2nccc(Cc3ccc(NS(=O)(=O)c4ccccc4C(F)(F)F)cc3C)c2cc1OC. The number of ether oxygens (including phenoxy) is 2. The number of pyridine rings is 1. The summed E-state index contributed by atoms with van der Waals surface area (Å²) in [6, 6.07) is 14.5. The van der Waals surface area contributed by atoms with Gasteiger partial charge in [-0.05, 0) is 66.4 Å². The van der Waals surface area contributed by atoms with Gasteiger partial charge >= 0.3 is 6.18 Å². The molecule has 0 aliphatic rings. The van der Waals surface area contributed by atoms with Gasteiger partial charge in [-0.2, -0.15) is 13.2 Å². The first-order valence-corrected chi connectivity index (χ1v) is 12.3. The lowest BCUT2D eigenvalue weighted by molar-refractivity contribution is -0.139. The first kappa shape index (κ1) is 25.3. The molecular formula is C26H23F3N2O4S. The number of halogens is 3. The molecule has 0 aliphatic carbocycles. The van der Waals surface area contributed by atoms with Crippen LogP contribution in [0.15, 0.2) is 71.8 Å². The van der Waals surface area contributed by atoms with Gasteiger partial charge < -0.3 is 9.47 Å². The van der Waals surface area contributed by atoms with E-state index in [-0.39, 0.29) is 5.69 Å². The number of fused-ring (bicyclic) bond motifs is 1. The van der Waals surface area contributed by atoms with Gasteiger partial charge in [0.05, 0.1) is 30.2 Å². The van der Waals surface area contributed by atoms with Gasteiger partial charge in [0.15, 0.2) is 11.5 Å². The third kappa shape index (κ3) is 5.08. The number of aryl methyl sites for hydroxylation is 1. The smallest absolute Gasteiger partial charge is 0.417 e. The average molecular weight is 517 g/mol. The Bertz CT molecular complexity index is 1540. The number of hydrogen-bond donors (Lipinski definition) is 1. The molecule has 1 N–H and O–H groups in total. The summed E-state index contributed by atoms with van der Waals surface area (Å²) in [6.07, 6.45) is -2.59. The van der Waals surface area contributed by atoms with Crippen LogP contribution in [0.4, 0.5) is 18.9 Å². The molecule has 36 heavy (non-hydrogen) atoms. The van der Waals surface area contributed by atoms with Crippen molar-refractivity contribution in [3.63, 3.8) is 0 Å². The van der Waals surface area contributed by atoms with Crippen molar-refractivity contribution in [1.29, 1.82) is 0 Å². The Morgan fingerprint density at radius 1 is 0.917 bits per heavy atom. The fourth-order valence-electron chi connectivity index (χ4n) is 3.99. The maximum absolute atomic E-state index is 13.3. The number of benzene rings is 3. The highest BCUT2D eigenvalue weighted by atomic mass is 32.2. The molecule has 10 heteroatoms.